The molecule has 1 fully saturated rings. The minimum atomic E-state index is -0.750. The zero-order valence-corrected chi connectivity index (χ0v) is 13.1. The molecule has 21 heavy (non-hydrogen) atoms. The number of anilines is 1. The average Bonchev–Trinajstić information content (AvgIpc) is 2.39. The lowest BCUT2D eigenvalue weighted by Crippen LogP contribution is -2.47. The van der Waals surface area contributed by atoms with Crippen LogP contribution in [0.25, 0.3) is 0 Å². The molecule has 4 heteroatoms. The van der Waals surface area contributed by atoms with Crippen LogP contribution in [0.3, 0.4) is 0 Å². The zero-order valence-electron chi connectivity index (χ0n) is 13.1. The standard InChI is InChI=1S/C17H25NO3/c1-13-6-4-5-7-15(13)18(10-8-16(19)20)14-9-11-21-17(2,3)12-14/h4-7,14H,8-12H2,1-3H3,(H,19,20). The molecule has 0 radical (unpaired) electrons. The highest BCUT2D eigenvalue weighted by Crippen LogP contribution is 2.32. The van der Waals surface area contributed by atoms with Crippen LogP contribution in [0.15, 0.2) is 24.3 Å². The molecule has 1 atom stereocenters. The quantitative estimate of drug-likeness (QED) is 0.905. The fourth-order valence-corrected chi connectivity index (χ4v) is 3.07. The van der Waals surface area contributed by atoms with Crippen molar-refractivity contribution < 1.29 is 14.6 Å². The number of hydrogen-bond acceptors (Lipinski definition) is 3. The van der Waals surface area contributed by atoms with Crippen LogP contribution in [0, 0.1) is 6.92 Å². The number of benzene rings is 1. The second-order valence-electron chi connectivity index (χ2n) is 6.38. The molecule has 0 bridgehead atoms. The van der Waals surface area contributed by atoms with E-state index in [-0.39, 0.29) is 12.0 Å². The number of carbonyl (C=O) groups is 1. The Hall–Kier alpha value is -1.55. The summed E-state index contributed by atoms with van der Waals surface area (Å²) in [5.41, 5.74) is 2.18. The van der Waals surface area contributed by atoms with Crippen molar-refractivity contribution in [3.63, 3.8) is 0 Å². The first kappa shape index (κ1) is 15.8. The molecule has 1 aromatic rings. The maximum absolute atomic E-state index is 11.0. The van der Waals surface area contributed by atoms with Gasteiger partial charge in [-0.2, -0.15) is 0 Å². The first-order valence-corrected chi connectivity index (χ1v) is 7.57. The van der Waals surface area contributed by atoms with Gasteiger partial charge < -0.3 is 14.7 Å². The minimum absolute atomic E-state index is 0.146. The highest BCUT2D eigenvalue weighted by molar-refractivity contribution is 5.68. The maximum atomic E-state index is 11.0. The Morgan fingerprint density at radius 1 is 1.43 bits per heavy atom. The predicted octanol–water partition coefficient (Wildman–Crippen LogP) is 3.23. The van der Waals surface area contributed by atoms with Gasteiger partial charge in [0, 0.05) is 24.9 Å². The lowest BCUT2D eigenvalue weighted by Gasteiger charge is -2.42. The number of carboxylic acids is 1. The Morgan fingerprint density at radius 2 is 2.14 bits per heavy atom. The van der Waals surface area contributed by atoms with E-state index in [9.17, 15) is 4.79 Å². The maximum Gasteiger partial charge on any atom is 0.305 e. The largest absolute Gasteiger partial charge is 0.481 e. The fourth-order valence-electron chi connectivity index (χ4n) is 3.07. The Kier molecular flexibility index (Phi) is 4.88. The van der Waals surface area contributed by atoms with E-state index >= 15 is 0 Å². The summed E-state index contributed by atoms with van der Waals surface area (Å²) in [6.07, 6.45) is 2.02. The van der Waals surface area contributed by atoms with E-state index < -0.39 is 5.97 Å². The molecule has 0 aromatic heterocycles. The monoisotopic (exact) mass is 291 g/mol. The van der Waals surface area contributed by atoms with Crippen molar-refractivity contribution in [2.75, 3.05) is 18.1 Å². The molecule has 0 spiro atoms. The van der Waals surface area contributed by atoms with Crippen molar-refractivity contribution in [3.05, 3.63) is 29.8 Å². The Labute approximate surface area is 126 Å². The summed E-state index contributed by atoms with van der Waals surface area (Å²) in [5.74, 6) is -0.750. The molecular formula is C17H25NO3. The molecule has 0 aliphatic carbocycles. The lowest BCUT2D eigenvalue weighted by atomic mass is 9.92. The zero-order chi connectivity index (χ0) is 15.5. The van der Waals surface area contributed by atoms with Gasteiger partial charge in [0.1, 0.15) is 0 Å². The molecule has 4 nitrogen and oxygen atoms in total. The molecule has 1 aliphatic heterocycles. The summed E-state index contributed by atoms with van der Waals surface area (Å²) in [6.45, 7) is 7.56. The molecule has 1 saturated heterocycles. The minimum Gasteiger partial charge on any atom is -0.481 e. The molecule has 1 aliphatic rings. The molecule has 1 heterocycles. The van der Waals surface area contributed by atoms with Crippen molar-refractivity contribution in [1.29, 1.82) is 0 Å². The van der Waals surface area contributed by atoms with E-state index in [0.29, 0.717) is 12.6 Å². The number of para-hydroxylation sites is 1. The summed E-state index contributed by atoms with van der Waals surface area (Å²) in [6, 6.07) is 8.52. The molecular weight excluding hydrogens is 266 g/mol. The summed E-state index contributed by atoms with van der Waals surface area (Å²) >= 11 is 0. The van der Waals surface area contributed by atoms with Gasteiger partial charge in [-0.3, -0.25) is 4.79 Å². The Morgan fingerprint density at radius 3 is 2.76 bits per heavy atom. The van der Waals surface area contributed by atoms with Gasteiger partial charge in [-0.1, -0.05) is 18.2 Å². The van der Waals surface area contributed by atoms with E-state index in [1.165, 1.54) is 5.56 Å². The van der Waals surface area contributed by atoms with E-state index in [1.807, 2.05) is 12.1 Å². The average molecular weight is 291 g/mol. The van der Waals surface area contributed by atoms with Gasteiger partial charge in [0.15, 0.2) is 0 Å². The second-order valence-corrected chi connectivity index (χ2v) is 6.38. The number of aliphatic carboxylic acids is 1. The van der Waals surface area contributed by atoms with Gasteiger partial charge >= 0.3 is 5.97 Å². The summed E-state index contributed by atoms with van der Waals surface area (Å²) in [7, 11) is 0. The van der Waals surface area contributed by atoms with E-state index in [1.54, 1.807) is 0 Å². The summed E-state index contributed by atoms with van der Waals surface area (Å²) < 4.78 is 5.79. The van der Waals surface area contributed by atoms with Crippen LogP contribution >= 0.6 is 0 Å². The van der Waals surface area contributed by atoms with Crippen molar-refractivity contribution in [2.24, 2.45) is 0 Å². The predicted molar refractivity (Wildman–Crippen MR) is 83.8 cm³/mol. The molecule has 1 unspecified atom stereocenters. The van der Waals surface area contributed by atoms with Crippen molar-refractivity contribution in [3.8, 4) is 0 Å². The SMILES string of the molecule is Cc1ccccc1N(CCC(=O)O)C1CCOC(C)(C)C1. The molecule has 116 valence electrons. The number of aryl methyl sites for hydroxylation is 1. The van der Waals surface area contributed by atoms with E-state index in [0.717, 1.165) is 25.1 Å². The number of nitrogens with zero attached hydrogens (tertiary/aromatic N) is 1. The van der Waals surface area contributed by atoms with Crippen LogP contribution in [0.5, 0.6) is 0 Å². The molecule has 2 rings (SSSR count). The van der Waals surface area contributed by atoms with Crippen LogP contribution < -0.4 is 4.90 Å². The smallest absolute Gasteiger partial charge is 0.305 e. The van der Waals surface area contributed by atoms with Gasteiger partial charge in [-0.15, -0.1) is 0 Å². The third-order valence-corrected chi connectivity index (χ3v) is 4.10. The Bertz CT molecular complexity index is 499. The normalized spacial score (nSPS) is 21.0. The number of ether oxygens (including phenoxy) is 1. The number of hydrogen-bond donors (Lipinski definition) is 1. The first-order valence-electron chi connectivity index (χ1n) is 7.57. The van der Waals surface area contributed by atoms with Gasteiger partial charge in [0.25, 0.3) is 0 Å². The highest BCUT2D eigenvalue weighted by Gasteiger charge is 2.32. The van der Waals surface area contributed by atoms with Crippen LogP contribution in [0.1, 0.15) is 38.7 Å². The first-order chi connectivity index (χ1) is 9.89. The molecule has 1 aromatic carbocycles. The highest BCUT2D eigenvalue weighted by atomic mass is 16.5. The third kappa shape index (κ3) is 4.21. The van der Waals surface area contributed by atoms with Crippen LogP contribution in [-0.2, 0) is 9.53 Å². The molecule has 1 N–H and O–H groups in total. The van der Waals surface area contributed by atoms with E-state index in [2.05, 4.69) is 37.8 Å². The Balaban J connectivity index is 2.23. The van der Waals surface area contributed by atoms with Gasteiger partial charge in [0.05, 0.1) is 12.0 Å². The van der Waals surface area contributed by atoms with Crippen molar-refractivity contribution in [1.82, 2.24) is 0 Å². The van der Waals surface area contributed by atoms with Crippen LogP contribution in [0.4, 0.5) is 5.69 Å². The summed E-state index contributed by atoms with van der Waals surface area (Å²) in [5, 5.41) is 9.03. The topological polar surface area (TPSA) is 49.8 Å². The molecule has 0 saturated carbocycles. The lowest BCUT2D eigenvalue weighted by molar-refractivity contribution is -0.136. The van der Waals surface area contributed by atoms with Crippen LogP contribution in [-0.4, -0.2) is 35.9 Å². The number of rotatable bonds is 5. The summed E-state index contributed by atoms with van der Waals surface area (Å²) in [4.78, 5) is 13.2. The third-order valence-electron chi connectivity index (χ3n) is 4.10. The fraction of sp³-hybridized carbons (Fsp3) is 0.588. The van der Waals surface area contributed by atoms with Gasteiger partial charge in [-0.25, -0.2) is 0 Å². The van der Waals surface area contributed by atoms with Gasteiger partial charge in [0.2, 0.25) is 0 Å². The number of carboxylic acid groups (broad SMARTS) is 1. The second kappa shape index (κ2) is 6.48. The van der Waals surface area contributed by atoms with Crippen LogP contribution in [0.2, 0.25) is 0 Å². The van der Waals surface area contributed by atoms with E-state index in [4.69, 9.17) is 9.84 Å². The van der Waals surface area contributed by atoms with Crippen molar-refractivity contribution in [2.45, 2.75) is 51.7 Å². The van der Waals surface area contributed by atoms with Gasteiger partial charge in [-0.05, 0) is 45.2 Å². The van der Waals surface area contributed by atoms with Crippen molar-refractivity contribution >= 4 is 11.7 Å². The molecule has 0 amide bonds.